The third-order valence-corrected chi connectivity index (χ3v) is 4.74. The van der Waals surface area contributed by atoms with Crippen molar-refractivity contribution in [1.29, 1.82) is 5.41 Å². The second-order valence-corrected chi connectivity index (χ2v) is 7.14. The summed E-state index contributed by atoms with van der Waals surface area (Å²) in [5, 5.41) is 13.1. The summed E-state index contributed by atoms with van der Waals surface area (Å²) in [6, 6.07) is 4.76. The SMILES string of the molecule is CCCON=C1CCN(c2ncc(-c3cccc(COC(=O)NC(=N)N)c3F)cn2)CC1. The van der Waals surface area contributed by atoms with Gasteiger partial charge < -0.3 is 20.2 Å². The molecule has 10 nitrogen and oxygen atoms in total. The zero-order valence-electron chi connectivity index (χ0n) is 17.8. The Bertz CT molecular complexity index is 972. The molecule has 1 aliphatic rings. The fraction of sp³-hybridized carbons (Fsp3) is 0.381. The Morgan fingerprint density at radius 2 is 2.03 bits per heavy atom. The van der Waals surface area contributed by atoms with Gasteiger partial charge in [-0.05, 0) is 6.42 Å². The second kappa shape index (κ2) is 11.0. The molecule has 0 atom stereocenters. The van der Waals surface area contributed by atoms with Crippen LogP contribution in [-0.2, 0) is 16.2 Å². The standard InChI is InChI=1S/C21H26FN7O3/c1-2-10-32-28-16-6-8-29(9-7-16)20-25-11-15(12-26-20)17-5-3-4-14(18(17)22)13-31-21(30)27-19(23)24/h3-5,11-12H,2,6-10,13H2,1H3,(H4,23,24,27,30). The molecule has 32 heavy (non-hydrogen) atoms. The smallest absolute Gasteiger partial charge is 0.414 e. The Kier molecular flexibility index (Phi) is 7.90. The molecule has 0 unspecified atom stereocenters. The first kappa shape index (κ1) is 22.9. The van der Waals surface area contributed by atoms with E-state index >= 15 is 0 Å². The molecular formula is C21H26FN7O3. The monoisotopic (exact) mass is 443 g/mol. The van der Waals surface area contributed by atoms with Gasteiger partial charge in [-0.25, -0.2) is 19.2 Å². The molecule has 1 aliphatic heterocycles. The highest BCUT2D eigenvalue weighted by atomic mass is 19.1. The minimum Gasteiger partial charge on any atom is -0.444 e. The lowest BCUT2D eigenvalue weighted by atomic mass is 10.1. The number of alkyl carbamates (subject to hydrolysis) is 1. The van der Waals surface area contributed by atoms with Crippen LogP contribution in [0.15, 0.2) is 35.7 Å². The van der Waals surface area contributed by atoms with Gasteiger partial charge in [0.15, 0.2) is 5.96 Å². The molecule has 0 aliphatic carbocycles. The van der Waals surface area contributed by atoms with Gasteiger partial charge in [-0.2, -0.15) is 0 Å². The third-order valence-electron chi connectivity index (χ3n) is 4.74. The number of rotatable bonds is 7. The zero-order valence-corrected chi connectivity index (χ0v) is 17.8. The Balaban J connectivity index is 1.63. The molecule has 11 heteroatoms. The van der Waals surface area contributed by atoms with Crippen molar-refractivity contribution in [3.63, 3.8) is 0 Å². The number of ether oxygens (including phenoxy) is 1. The number of guanidine groups is 1. The van der Waals surface area contributed by atoms with E-state index in [0.29, 0.717) is 23.7 Å². The summed E-state index contributed by atoms with van der Waals surface area (Å²) in [5.74, 6) is -0.517. The number of piperidine rings is 1. The maximum absolute atomic E-state index is 14.9. The first-order valence-electron chi connectivity index (χ1n) is 10.3. The normalized spacial score (nSPS) is 13.4. The van der Waals surface area contributed by atoms with E-state index in [1.165, 1.54) is 6.07 Å². The number of halogens is 1. The lowest BCUT2D eigenvalue weighted by Gasteiger charge is -2.27. The van der Waals surface area contributed by atoms with Crippen molar-refractivity contribution in [2.24, 2.45) is 10.9 Å². The number of carbonyl (C=O) groups is 1. The number of hydrogen-bond acceptors (Lipinski definition) is 8. The molecule has 3 rings (SSSR count). The topological polar surface area (TPSA) is 139 Å². The van der Waals surface area contributed by atoms with Crippen LogP contribution in [-0.4, -0.2) is 47.4 Å². The average Bonchev–Trinajstić information content (AvgIpc) is 2.79. The third kappa shape index (κ3) is 6.13. The summed E-state index contributed by atoms with van der Waals surface area (Å²) >= 11 is 0. The van der Waals surface area contributed by atoms with Gasteiger partial charge in [0.1, 0.15) is 19.0 Å². The van der Waals surface area contributed by atoms with Gasteiger partial charge in [0.25, 0.3) is 0 Å². The molecular weight excluding hydrogens is 417 g/mol. The molecule has 2 heterocycles. The van der Waals surface area contributed by atoms with Crippen molar-refractivity contribution >= 4 is 23.7 Å². The Morgan fingerprint density at radius 1 is 1.31 bits per heavy atom. The van der Waals surface area contributed by atoms with E-state index in [1.54, 1.807) is 24.5 Å². The summed E-state index contributed by atoms with van der Waals surface area (Å²) in [6.07, 6.45) is 4.70. The van der Waals surface area contributed by atoms with Crippen LogP contribution in [0.4, 0.5) is 15.1 Å². The number of nitrogens with one attached hydrogen (secondary N) is 2. The van der Waals surface area contributed by atoms with E-state index in [4.69, 9.17) is 20.7 Å². The molecule has 170 valence electrons. The first-order valence-corrected chi connectivity index (χ1v) is 10.3. The molecule has 0 spiro atoms. The molecule has 0 saturated carbocycles. The predicted octanol–water partition coefficient (Wildman–Crippen LogP) is 2.79. The number of anilines is 1. The maximum atomic E-state index is 14.9. The largest absolute Gasteiger partial charge is 0.444 e. The number of carbonyl (C=O) groups excluding carboxylic acids is 1. The number of nitrogens with zero attached hydrogens (tertiary/aromatic N) is 4. The molecule has 1 saturated heterocycles. The van der Waals surface area contributed by atoms with Crippen molar-refractivity contribution in [1.82, 2.24) is 15.3 Å². The number of aromatic nitrogens is 2. The van der Waals surface area contributed by atoms with Crippen molar-refractivity contribution in [3.05, 3.63) is 42.0 Å². The van der Waals surface area contributed by atoms with Crippen LogP contribution >= 0.6 is 0 Å². The van der Waals surface area contributed by atoms with Crippen LogP contribution in [0.2, 0.25) is 0 Å². The fourth-order valence-electron chi connectivity index (χ4n) is 3.11. The second-order valence-electron chi connectivity index (χ2n) is 7.14. The zero-order chi connectivity index (χ0) is 22.9. The molecule has 0 radical (unpaired) electrons. The van der Waals surface area contributed by atoms with E-state index in [0.717, 1.165) is 38.1 Å². The lowest BCUT2D eigenvalue weighted by Crippen LogP contribution is -2.36. The number of hydrogen-bond donors (Lipinski definition) is 3. The molecule has 1 aromatic carbocycles. The van der Waals surface area contributed by atoms with Crippen LogP contribution in [0.3, 0.4) is 0 Å². The summed E-state index contributed by atoms with van der Waals surface area (Å²) in [7, 11) is 0. The van der Waals surface area contributed by atoms with Crippen LogP contribution in [0.1, 0.15) is 31.7 Å². The molecule has 2 aromatic rings. The van der Waals surface area contributed by atoms with Crippen LogP contribution in [0.5, 0.6) is 0 Å². The fourth-order valence-corrected chi connectivity index (χ4v) is 3.11. The lowest BCUT2D eigenvalue weighted by molar-refractivity contribution is 0.143. The predicted molar refractivity (Wildman–Crippen MR) is 118 cm³/mol. The van der Waals surface area contributed by atoms with Crippen molar-refractivity contribution in [2.75, 3.05) is 24.6 Å². The van der Waals surface area contributed by atoms with E-state index in [-0.39, 0.29) is 12.2 Å². The summed E-state index contributed by atoms with van der Waals surface area (Å²) in [5.41, 5.74) is 7.07. The molecule has 1 aromatic heterocycles. The number of nitrogens with two attached hydrogens (primary N) is 1. The highest BCUT2D eigenvalue weighted by molar-refractivity contribution is 5.90. The van der Waals surface area contributed by atoms with Gasteiger partial charge in [0, 0.05) is 55.0 Å². The number of oxime groups is 1. The maximum Gasteiger partial charge on any atom is 0.414 e. The molecule has 1 amide bonds. The molecule has 1 fully saturated rings. The number of amides is 1. The van der Waals surface area contributed by atoms with E-state index in [9.17, 15) is 9.18 Å². The minimum atomic E-state index is -0.929. The van der Waals surface area contributed by atoms with Crippen molar-refractivity contribution in [3.8, 4) is 11.1 Å². The van der Waals surface area contributed by atoms with Gasteiger partial charge in [-0.15, -0.1) is 0 Å². The van der Waals surface area contributed by atoms with Gasteiger partial charge in [-0.3, -0.25) is 10.7 Å². The van der Waals surface area contributed by atoms with E-state index < -0.39 is 17.9 Å². The van der Waals surface area contributed by atoms with E-state index in [2.05, 4.69) is 20.0 Å². The molecule has 4 N–H and O–H groups in total. The quantitative estimate of drug-likeness (QED) is 0.259. The minimum absolute atomic E-state index is 0.179. The summed E-state index contributed by atoms with van der Waals surface area (Å²) < 4.78 is 19.8. The summed E-state index contributed by atoms with van der Waals surface area (Å²) in [4.78, 5) is 27.6. The van der Waals surface area contributed by atoms with Gasteiger partial charge in [0.2, 0.25) is 5.95 Å². The van der Waals surface area contributed by atoms with Gasteiger partial charge in [0.05, 0.1) is 5.71 Å². The summed E-state index contributed by atoms with van der Waals surface area (Å²) in [6.45, 7) is 3.81. The number of benzene rings is 1. The van der Waals surface area contributed by atoms with Crippen molar-refractivity contribution in [2.45, 2.75) is 32.8 Å². The van der Waals surface area contributed by atoms with Gasteiger partial charge >= 0.3 is 6.09 Å². The van der Waals surface area contributed by atoms with Crippen molar-refractivity contribution < 1.29 is 18.8 Å². The van der Waals surface area contributed by atoms with Crippen LogP contribution in [0.25, 0.3) is 11.1 Å². The molecule has 0 bridgehead atoms. The Morgan fingerprint density at radius 3 is 2.69 bits per heavy atom. The Hall–Kier alpha value is -3.76. The highest BCUT2D eigenvalue weighted by Crippen LogP contribution is 2.25. The average molecular weight is 443 g/mol. The highest BCUT2D eigenvalue weighted by Gasteiger charge is 2.19. The van der Waals surface area contributed by atoms with Crippen LogP contribution < -0.4 is 16.0 Å². The Labute approximate surface area is 185 Å². The van der Waals surface area contributed by atoms with Crippen LogP contribution in [0, 0.1) is 11.2 Å². The first-order chi connectivity index (χ1) is 15.5. The van der Waals surface area contributed by atoms with E-state index in [1.807, 2.05) is 12.2 Å². The van der Waals surface area contributed by atoms with Gasteiger partial charge in [-0.1, -0.05) is 30.3 Å².